The van der Waals surface area contributed by atoms with Crippen LogP contribution in [-0.4, -0.2) is 24.7 Å². The van der Waals surface area contributed by atoms with E-state index in [1.54, 1.807) is 0 Å². The monoisotopic (exact) mass is 315 g/mol. The Morgan fingerprint density at radius 3 is 2.74 bits per heavy atom. The highest BCUT2D eigenvalue weighted by atomic mass is 16.5. The van der Waals surface area contributed by atoms with Crippen LogP contribution in [0.1, 0.15) is 49.8 Å². The summed E-state index contributed by atoms with van der Waals surface area (Å²) in [7, 11) is 0. The van der Waals surface area contributed by atoms with E-state index >= 15 is 0 Å². The molecule has 1 N–H and O–H groups in total. The molecule has 1 aliphatic carbocycles. The number of carbonyl (C=O) groups excluding carboxylic acids is 1. The van der Waals surface area contributed by atoms with Crippen molar-refractivity contribution in [2.75, 3.05) is 13.2 Å². The lowest BCUT2D eigenvalue weighted by molar-refractivity contribution is -0.124. The van der Waals surface area contributed by atoms with Crippen LogP contribution in [0.25, 0.3) is 0 Å². The summed E-state index contributed by atoms with van der Waals surface area (Å²) >= 11 is 0. The molecule has 1 saturated heterocycles. The topological polar surface area (TPSA) is 47.6 Å². The zero-order valence-electron chi connectivity index (χ0n) is 13.9. The van der Waals surface area contributed by atoms with E-state index in [4.69, 9.17) is 9.47 Å². The Bertz CT molecular complexity index is 621. The zero-order chi connectivity index (χ0) is 16.0. The Balaban J connectivity index is 1.62. The van der Waals surface area contributed by atoms with Crippen LogP contribution in [0.2, 0.25) is 0 Å². The molecule has 4 nitrogen and oxygen atoms in total. The normalized spacial score (nSPS) is 31.1. The molecule has 0 unspecified atom stereocenters. The van der Waals surface area contributed by atoms with Gasteiger partial charge in [0.25, 0.3) is 0 Å². The van der Waals surface area contributed by atoms with Crippen molar-refractivity contribution in [3.05, 3.63) is 29.3 Å². The molecule has 1 aromatic carbocycles. The number of hydrogen-bond acceptors (Lipinski definition) is 3. The fraction of sp³-hybridized carbons (Fsp3) is 0.632. The number of ether oxygens (including phenoxy) is 2. The molecule has 3 aliphatic rings. The molecule has 0 radical (unpaired) electrons. The lowest BCUT2D eigenvalue weighted by Gasteiger charge is -2.44. The third kappa shape index (κ3) is 2.85. The van der Waals surface area contributed by atoms with Crippen molar-refractivity contribution < 1.29 is 14.3 Å². The van der Waals surface area contributed by atoms with E-state index in [9.17, 15) is 4.79 Å². The molecular weight excluding hydrogens is 290 g/mol. The third-order valence-corrected chi connectivity index (χ3v) is 5.61. The van der Waals surface area contributed by atoms with Gasteiger partial charge in [-0.2, -0.15) is 0 Å². The Hall–Kier alpha value is -1.55. The Labute approximate surface area is 137 Å². The molecule has 4 rings (SSSR count). The average molecular weight is 315 g/mol. The number of aryl methyl sites for hydroxylation is 1. The summed E-state index contributed by atoms with van der Waals surface area (Å²) in [6.45, 7) is 5.70. The smallest absolute Gasteiger partial charge is 0.223 e. The van der Waals surface area contributed by atoms with Gasteiger partial charge in [-0.05, 0) is 25.3 Å². The van der Waals surface area contributed by atoms with Crippen LogP contribution >= 0.6 is 0 Å². The third-order valence-electron chi connectivity index (χ3n) is 5.61. The first-order valence-corrected chi connectivity index (χ1v) is 8.74. The predicted molar refractivity (Wildman–Crippen MR) is 87.4 cm³/mol. The van der Waals surface area contributed by atoms with Crippen molar-refractivity contribution >= 4 is 5.91 Å². The molecule has 2 fully saturated rings. The molecule has 23 heavy (non-hydrogen) atoms. The highest BCUT2D eigenvalue weighted by molar-refractivity contribution is 5.82. The number of rotatable bonds is 2. The second-order valence-corrected chi connectivity index (χ2v) is 7.52. The van der Waals surface area contributed by atoms with Crippen LogP contribution in [0.5, 0.6) is 5.75 Å². The minimum absolute atomic E-state index is 0.0528. The number of amides is 1. The van der Waals surface area contributed by atoms with E-state index < -0.39 is 0 Å². The molecule has 1 saturated carbocycles. The number of benzene rings is 1. The Morgan fingerprint density at radius 2 is 2.04 bits per heavy atom. The van der Waals surface area contributed by atoms with E-state index in [-0.39, 0.29) is 23.5 Å². The summed E-state index contributed by atoms with van der Waals surface area (Å²) < 4.78 is 11.9. The van der Waals surface area contributed by atoms with Gasteiger partial charge in [0, 0.05) is 30.7 Å². The summed E-state index contributed by atoms with van der Waals surface area (Å²) in [6, 6.07) is 6.35. The van der Waals surface area contributed by atoms with Gasteiger partial charge in [-0.3, -0.25) is 4.79 Å². The van der Waals surface area contributed by atoms with Gasteiger partial charge in [-0.15, -0.1) is 0 Å². The SMILES string of the molecule is Cc1ccc2c(c1)[C@@H](NC(=O)[C@H]1C[C@@H]1C)CC1(CCOCC1)O2. The minimum Gasteiger partial charge on any atom is -0.487 e. The van der Waals surface area contributed by atoms with Gasteiger partial charge in [0.05, 0.1) is 19.3 Å². The maximum atomic E-state index is 12.5. The summed E-state index contributed by atoms with van der Waals surface area (Å²) in [5.41, 5.74) is 2.14. The molecule has 3 atom stereocenters. The molecule has 4 heteroatoms. The summed E-state index contributed by atoms with van der Waals surface area (Å²) in [4.78, 5) is 12.5. The highest BCUT2D eigenvalue weighted by Crippen LogP contribution is 2.45. The summed E-state index contributed by atoms with van der Waals surface area (Å²) in [5.74, 6) is 1.87. The summed E-state index contributed by atoms with van der Waals surface area (Å²) in [6.07, 6.45) is 3.66. The molecule has 2 heterocycles. The lowest BCUT2D eigenvalue weighted by Crippen LogP contribution is -2.48. The molecule has 1 spiro atoms. The van der Waals surface area contributed by atoms with Gasteiger partial charge in [0.1, 0.15) is 11.4 Å². The molecule has 0 bridgehead atoms. The standard InChI is InChI=1S/C19H25NO3/c1-12-3-4-17-15(9-12)16(20-18(21)14-10-13(14)2)11-19(23-17)5-7-22-8-6-19/h3-4,9,13-14,16H,5-8,10-11H2,1-2H3,(H,20,21)/t13-,14-,16-/m0/s1. The van der Waals surface area contributed by atoms with E-state index in [1.165, 1.54) is 5.56 Å². The lowest BCUT2D eigenvalue weighted by atomic mass is 9.81. The van der Waals surface area contributed by atoms with Crippen molar-refractivity contribution in [2.45, 2.75) is 51.2 Å². The average Bonchev–Trinajstić information content (AvgIpc) is 3.26. The van der Waals surface area contributed by atoms with Gasteiger partial charge < -0.3 is 14.8 Å². The van der Waals surface area contributed by atoms with Crippen molar-refractivity contribution in [2.24, 2.45) is 11.8 Å². The number of carbonyl (C=O) groups is 1. The van der Waals surface area contributed by atoms with Crippen LogP contribution in [0.15, 0.2) is 18.2 Å². The Morgan fingerprint density at radius 1 is 1.30 bits per heavy atom. The van der Waals surface area contributed by atoms with E-state index in [0.29, 0.717) is 5.92 Å². The second kappa shape index (κ2) is 5.52. The van der Waals surface area contributed by atoms with Crippen LogP contribution in [0.4, 0.5) is 0 Å². The molecular formula is C19H25NO3. The first kappa shape index (κ1) is 15.0. The van der Waals surface area contributed by atoms with Gasteiger partial charge in [-0.1, -0.05) is 24.6 Å². The number of fused-ring (bicyclic) bond motifs is 1. The minimum atomic E-state index is -0.187. The molecule has 1 aromatic rings. The first-order valence-electron chi connectivity index (χ1n) is 8.74. The predicted octanol–water partition coefficient (Wildman–Crippen LogP) is 3.14. The quantitative estimate of drug-likeness (QED) is 0.912. The van der Waals surface area contributed by atoms with Gasteiger partial charge in [0.15, 0.2) is 0 Å². The number of hydrogen-bond donors (Lipinski definition) is 1. The van der Waals surface area contributed by atoms with Crippen molar-refractivity contribution in [3.63, 3.8) is 0 Å². The van der Waals surface area contributed by atoms with Crippen molar-refractivity contribution in [1.29, 1.82) is 0 Å². The van der Waals surface area contributed by atoms with Crippen molar-refractivity contribution in [3.8, 4) is 5.75 Å². The van der Waals surface area contributed by atoms with Crippen LogP contribution in [-0.2, 0) is 9.53 Å². The van der Waals surface area contributed by atoms with Crippen LogP contribution in [0.3, 0.4) is 0 Å². The van der Waals surface area contributed by atoms with E-state index in [0.717, 1.165) is 50.2 Å². The van der Waals surface area contributed by atoms with E-state index in [1.807, 2.05) is 0 Å². The van der Waals surface area contributed by atoms with Gasteiger partial charge >= 0.3 is 0 Å². The highest BCUT2D eigenvalue weighted by Gasteiger charge is 2.45. The van der Waals surface area contributed by atoms with Crippen molar-refractivity contribution in [1.82, 2.24) is 5.32 Å². The van der Waals surface area contributed by atoms with Gasteiger partial charge in [0.2, 0.25) is 5.91 Å². The molecule has 124 valence electrons. The van der Waals surface area contributed by atoms with E-state index in [2.05, 4.69) is 37.4 Å². The fourth-order valence-electron chi connectivity index (χ4n) is 3.93. The maximum Gasteiger partial charge on any atom is 0.223 e. The summed E-state index contributed by atoms with van der Waals surface area (Å²) in [5, 5.41) is 3.31. The zero-order valence-corrected chi connectivity index (χ0v) is 13.9. The van der Waals surface area contributed by atoms with Crippen LogP contribution in [0, 0.1) is 18.8 Å². The molecule has 1 amide bonds. The maximum absolute atomic E-state index is 12.5. The first-order chi connectivity index (χ1) is 11.1. The molecule has 0 aromatic heterocycles. The number of nitrogens with one attached hydrogen (secondary N) is 1. The second-order valence-electron chi connectivity index (χ2n) is 7.52. The van der Waals surface area contributed by atoms with Crippen LogP contribution < -0.4 is 10.1 Å². The molecule has 2 aliphatic heterocycles. The fourth-order valence-corrected chi connectivity index (χ4v) is 3.93. The Kier molecular flexibility index (Phi) is 3.60. The largest absolute Gasteiger partial charge is 0.487 e. The van der Waals surface area contributed by atoms with Gasteiger partial charge in [-0.25, -0.2) is 0 Å².